The van der Waals surface area contributed by atoms with E-state index in [4.69, 9.17) is 9.84 Å². The van der Waals surface area contributed by atoms with Gasteiger partial charge in [-0.15, -0.1) is 0 Å². The first-order chi connectivity index (χ1) is 10.4. The summed E-state index contributed by atoms with van der Waals surface area (Å²) in [6.45, 7) is 4.87. The van der Waals surface area contributed by atoms with Crippen molar-refractivity contribution in [3.05, 3.63) is 23.4 Å². The number of ether oxygens (including phenoxy) is 1. The van der Waals surface area contributed by atoms with Gasteiger partial charge in [0.2, 0.25) is 11.8 Å². The molecule has 0 radical (unpaired) electrons. The van der Waals surface area contributed by atoms with Gasteiger partial charge in [-0.2, -0.15) is 0 Å². The van der Waals surface area contributed by atoms with Crippen LogP contribution in [0.5, 0.6) is 5.88 Å². The molecule has 0 bridgehead atoms. The number of likely N-dealkylation sites (tertiary alicyclic amines) is 1. The summed E-state index contributed by atoms with van der Waals surface area (Å²) in [6.07, 6.45) is -0.440. The number of rotatable bonds is 2. The van der Waals surface area contributed by atoms with Gasteiger partial charge in [0.15, 0.2) is 0 Å². The summed E-state index contributed by atoms with van der Waals surface area (Å²) < 4.78 is 5.83. The Balaban J connectivity index is 1.67. The highest BCUT2D eigenvalue weighted by molar-refractivity contribution is 5.74. The van der Waals surface area contributed by atoms with Gasteiger partial charge in [0.25, 0.3) is 0 Å². The standard InChI is InChI=1S/C15H19N3O4/c1-9-5-12(7-18(9)15(20)21)22-14-4-3-11-6-17(10(2)19)8-13(11)16-14/h3-4,9,12H,5-8H2,1-2H3,(H,20,21)/t9-,12+/m0/s1. The molecule has 0 spiro atoms. The van der Waals surface area contributed by atoms with Crippen molar-refractivity contribution in [1.29, 1.82) is 0 Å². The van der Waals surface area contributed by atoms with E-state index < -0.39 is 6.09 Å². The van der Waals surface area contributed by atoms with E-state index in [2.05, 4.69) is 4.98 Å². The van der Waals surface area contributed by atoms with Gasteiger partial charge in [0.05, 0.1) is 18.8 Å². The van der Waals surface area contributed by atoms with E-state index in [1.165, 1.54) is 4.90 Å². The summed E-state index contributed by atoms with van der Waals surface area (Å²) >= 11 is 0. The van der Waals surface area contributed by atoms with Crippen LogP contribution in [0.3, 0.4) is 0 Å². The summed E-state index contributed by atoms with van der Waals surface area (Å²) in [6, 6.07) is 3.66. The highest BCUT2D eigenvalue weighted by atomic mass is 16.5. The molecular formula is C15H19N3O4. The second kappa shape index (κ2) is 5.47. The number of fused-ring (bicyclic) bond motifs is 1. The Morgan fingerprint density at radius 1 is 1.36 bits per heavy atom. The van der Waals surface area contributed by atoms with Crippen LogP contribution in [0.15, 0.2) is 12.1 Å². The largest absolute Gasteiger partial charge is 0.472 e. The Morgan fingerprint density at radius 2 is 2.14 bits per heavy atom. The van der Waals surface area contributed by atoms with E-state index in [9.17, 15) is 9.59 Å². The Morgan fingerprint density at radius 3 is 2.77 bits per heavy atom. The minimum absolute atomic E-state index is 0.0298. The summed E-state index contributed by atoms with van der Waals surface area (Å²) in [5.74, 6) is 0.524. The zero-order valence-electron chi connectivity index (χ0n) is 12.7. The van der Waals surface area contributed by atoms with Gasteiger partial charge in [0.1, 0.15) is 6.10 Å². The molecule has 118 valence electrons. The van der Waals surface area contributed by atoms with Crippen LogP contribution >= 0.6 is 0 Å². The van der Waals surface area contributed by atoms with Gasteiger partial charge < -0.3 is 19.6 Å². The molecule has 7 nitrogen and oxygen atoms in total. The lowest BCUT2D eigenvalue weighted by atomic mass is 10.2. The van der Waals surface area contributed by atoms with E-state index in [0.717, 1.165) is 11.3 Å². The number of aromatic nitrogens is 1. The molecule has 0 saturated carbocycles. The maximum atomic E-state index is 11.4. The Labute approximate surface area is 128 Å². The summed E-state index contributed by atoms with van der Waals surface area (Å²) in [4.78, 5) is 30.1. The third-order valence-corrected chi connectivity index (χ3v) is 4.26. The van der Waals surface area contributed by atoms with Crippen LogP contribution in [-0.2, 0) is 17.9 Å². The molecule has 22 heavy (non-hydrogen) atoms. The number of carbonyl (C=O) groups is 2. The fraction of sp³-hybridized carbons (Fsp3) is 0.533. The lowest BCUT2D eigenvalue weighted by Crippen LogP contribution is -2.33. The van der Waals surface area contributed by atoms with E-state index in [-0.39, 0.29) is 18.1 Å². The minimum atomic E-state index is -0.919. The molecule has 2 aliphatic rings. The lowest BCUT2D eigenvalue weighted by Gasteiger charge is -2.16. The van der Waals surface area contributed by atoms with Crippen LogP contribution < -0.4 is 4.74 Å². The predicted molar refractivity (Wildman–Crippen MR) is 77.4 cm³/mol. The Kier molecular flexibility index (Phi) is 3.64. The van der Waals surface area contributed by atoms with Crippen molar-refractivity contribution < 1.29 is 19.4 Å². The van der Waals surface area contributed by atoms with Crippen LogP contribution in [-0.4, -0.2) is 50.6 Å². The lowest BCUT2D eigenvalue weighted by molar-refractivity contribution is -0.129. The molecule has 0 aliphatic carbocycles. The molecule has 1 fully saturated rings. The molecule has 1 N–H and O–H groups in total. The average Bonchev–Trinajstić information content (AvgIpc) is 3.02. The monoisotopic (exact) mass is 305 g/mol. The molecule has 0 aromatic carbocycles. The van der Waals surface area contributed by atoms with Crippen molar-refractivity contribution in [3.63, 3.8) is 0 Å². The Bertz CT molecular complexity index is 619. The summed E-state index contributed by atoms with van der Waals surface area (Å²) in [7, 11) is 0. The van der Waals surface area contributed by atoms with Crippen LogP contribution in [0, 0.1) is 0 Å². The average molecular weight is 305 g/mol. The first-order valence-corrected chi connectivity index (χ1v) is 7.34. The van der Waals surface area contributed by atoms with E-state index in [1.807, 2.05) is 13.0 Å². The number of pyridine rings is 1. The van der Waals surface area contributed by atoms with Crippen LogP contribution in [0.1, 0.15) is 31.5 Å². The van der Waals surface area contributed by atoms with Gasteiger partial charge in [0, 0.05) is 32.0 Å². The molecule has 1 aromatic rings. The van der Waals surface area contributed by atoms with E-state index in [1.54, 1.807) is 17.9 Å². The number of carboxylic acid groups (broad SMARTS) is 1. The zero-order valence-corrected chi connectivity index (χ0v) is 12.7. The summed E-state index contributed by atoms with van der Waals surface area (Å²) in [5.41, 5.74) is 1.89. The fourth-order valence-electron chi connectivity index (χ4n) is 3.03. The van der Waals surface area contributed by atoms with Crippen LogP contribution in [0.2, 0.25) is 0 Å². The van der Waals surface area contributed by atoms with E-state index >= 15 is 0 Å². The first-order valence-electron chi connectivity index (χ1n) is 7.34. The number of nitrogens with zero attached hydrogens (tertiary/aromatic N) is 3. The minimum Gasteiger partial charge on any atom is -0.472 e. The number of hydrogen-bond acceptors (Lipinski definition) is 4. The van der Waals surface area contributed by atoms with Crippen molar-refractivity contribution in [2.45, 2.75) is 45.5 Å². The maximum absolute atomic E-state index is 11.4. The number of hydrogen-bond donors (Lipinski definition) is 1. The molecule has 2 atom stereocenters. The molecule has 0 unspecified atom stereocenters. The quantitative estimate of drug-likeness (QED) is 0.894. The number of amides is 2. The second-order valence-electron chi connectivity index (χ2n) is 5.89. The smallest absolute Gasteiger partial charge is 0.407 e. The first kappa shape index (κ1) is 14.6. The highest BCUT2D eigenvalue weighted by Gasteiger charge is 2.34. The highest BCUT2D eigenvalue weighted by Crippen LogP contribution is 2.26. The molecular weight excluding hydrogens is 286 g/mol. The second-order valence-corrected chi connectivity index (χ2v) is 5.89. The third kappa shape index (κ3) is 2.70. The van der Waals surface area contributed by atoms with E-state index in [0.29, 0.717) is 31.9 Å². The molecule has 1 aromatic heterocycles. The van der Waals surface area contributed by atoms with Gasteiger partial charge in [-0.05, 0) is 18.6 Å². The molecule has 3 heterocycles. The molecule has 1 saturated heterocycles. The SMILES string of the molecule is CC(=O)N1Cc2ccc(O[C@@H]3C[C@H](C)N(C(=O)O)C3)nc2C1. The van der Waals surface area contributed by atoms with Crippen molar-refractivity contribution >= 4 is 12.0 Å². The van der Waals surface area contributed by atoms with Gasteiger partial charge in [-0.3, -0.25) is 4.79 Å². The van der Waals surface area contributed by atoms with Crippen molar-refractivity contribution in [3.8, 4) is 5.88 Å². The van der Waals surface area contributed by atoms with Crippen LogP contribution in [0.25, 0.3) is 0 Å². The molecule has 7 heteroatoms. The molecule has 3 rings (SSSR count). The molecule has 2 amide bonds. The van der Waals surface area contributed by atoms with Gasteiger partial charge in [-0.1, -0.05) is 0 Å². The third-order valence-electron chi connectivity index (χ3n) is 4.26. The van der Waals surface area contributed by atoms with Crippen molar-refractivity contribution in [1.82, 2.24) is 14.8 Å². The van der Waals surface area contributed by atoms with Crippen LogP contribution in [0.4, 0.5) is 4.79 Å². The topological polar surface area (TPSA) is 83.0 Å². The normalized spacial score (nSPS) is 23.5. The van der Waals surface area contributed by atoms with Crippen molar-refractivity contribution in [2.75, 3.05) is 6.54 Å². The van der Waals surface area contributed by atoms with Gasteiger partial charge in [-0.25, -0.2) is 9.78 Å². The molecule has 2 aliphatic heterocycles. The van der Waals surface area contributed by atoms with Crippen molar-refractivity contribution in [2.24, 2.45) is 0 Å². The zero-order chi connectivity index (χ0) is 15.9. The maximum Gasteiger partial charge on any atom is 0.407 e. The fourth-order valence-corrected chi connectivity index (χ4v) is 3.03. The Hall–Kier alpha value is -2.31. The number of carbonyl (C=O) groups excluding carboxylic acids is 1. The predicted octanol–water partition coefficient (Wildman–Crippen LogP) is 1.46. The van der Waals surface area contributed by atoms with Gasteiger partial charge >= 0.3 is 6.09 Å². The summed E-state index contributed by atoms with van der Waals surface area (Å²) in [5, 5.41) is 9.09.